The van der Waals surface area contributed by atoms with Gasteiger partial charge in [0.1, 0.15) is 5.69 Å². The molecule has 1 aliphatic heterocycles. The number of rotatable bonds is 9. The van der Waals surface area contributed by atoms with Gasteiger partial charge in [-0.05, 0) is 51.3 Å². The monoisotopic (exact) mass is 512 g/mol. The normalized spacial score (nSPS) is 17.3. The number of benzene rings is 1. The van der Waals surface area contributed by atoms with E-state index in [0.29, 0.717) is 12.8 Å². The van der Waals surface area contributed by atoms with Crippen LogP contribution in [-0.2, 0) is 22.3 Å². The molecule has 10 nitrogen and oxygen atoms in total. The van der Waals surface area contributed by atoms with Gasteiger partial charge in [0.15, 0.2) is 0 Å². The second kappa shape index (κ2) is 10.2. The van der Waals surface area contributed by atoms with E-state index in [1.165, 1.54) is 35.7 Å². The average Bonchev–Trinajstić information content (AvgIpc) is 3.46. The van der Waals surface area contributed by atoms with E-state index in [-0.39, 0.29) is 42.8 Å². The summed E-state index contributed by atoms with van der Waals surface area (Å²) < 4.78 is 42.2. The van der Waals surface area contributed by atoms with Gasteiger partial charge < -0.3 is 20.2 Å². The Hall–Kier alpha value is -3.48. The quantitative estimate of drug-likeness (QED) is 0.465. The molecule has 1 amide bonds. The summed E-state index contributed by atoms with van der Waals surface area (Å²) in [6.45, 7) is 3.06. The van der Waals surface area contributed by atoms with Crippen LogP contribution in [0.4, 0.5) is 13.2 Å². The number of nitrogens with zero attached hydrogens (tertiary/aromatic N) is 4. The Morgan fingerprint density at radius 3 is 2.47 bits per heavy atom. The van der Waals surface area contributed by atoms with Crippen LogP contribution in [0.2, 0.25) is 0 Å². The molecule has 2 atom stereocenters. The van der Waals surface area contributed by atoms with Gasteiger partial charge in [0.2, 0.25) is 0 Å². The topological polar surface area (TPSA) is 146 Å². The van der Waals surface area contributed by atoms with Gasteiger partial charge in [0.25, 0.3) is 5.91 Å². The van der Waals surface area contributed by atoms with E-state index in [0.717, 1.165) is 12.1 Å². The molecule has 0 spiro atoms. The van der Waals surface area contributed by atoms with Gasteiger partial charge in [-0.2, -0.15) is 13.2 Å². The number of hydrogen-bond acceptors (Lipinski definition) is 6. The van der Waals surface area contributed by atoms with Gasteiger partial charge in [-0.15, -0.1) is 5.10 Å². The molecule has 0 aliphatic carbocycles. The molecule has 2 aromatic rings. The van der Waals surface area contributed by atoms with Crippen molar-refractivity contribution >= 4 is 17.8 Å². The van der Waals surface area contributed by atoms with Crippen LogP contribution < -0.4 is 0 Å². The Kier molecular flexibility index (Phi) is 7.72. The van der Waals surface area contributed by atoms with Crippen LogP contribution in [0, 0.1) is 5.41 Å². The summed E-state index contributed by atoms with van der Waals surface area (Å²) in [6, 6.07) is 2.12. The molecule has 1 saturated heterocycles. The molecule has 196 valence electrons. The first-order chi connectivity index (χ1) is 16.7. The lowest BCUT2D eigenvalue weighted by Gasteiger charge is -2.34. The second-order valence-electron chi connectivity index (χ2n) is 9.39. The molecule has 3 N–H and O–H groups in total. The molecular formula is C23H27F3N4O6. The minimum Gasteiger partial charge on any atom is -0.481 e. The molecule has 2 unspecified atom stereocenters. The first kappa shape index (κ1) is 27.1. The number of halogens is 3. The summed E-state index contributed by atoms with van der Waals surface area (Å²) in [7, 11) is 0. The Balaban J connectivity index is 1.93. The van der Waals surface area contributed by atoms with Crippen LogP contribution in [0.15, 0.2) is 24.4 Å². The number of carbonyl (C=O) groups is 3. The van der Waals surface area contributed by atoms with Crippen LogP contribution in [0.5, 0.6) is 0 Å². The number of carboxylic acid groups (broad SMARTS) is 2. The van der Waals surface area contributed by atoms with E-state index < -0.39 is 47.1 Å². The maximum atomic E-state index is 13.7. The highest BCUT2D eigenvalue weighted by Crippen LogP contribution is 2.37. The molecule has 1 fully saturated rings. The van der Waals surface area contributed by atoms with Crippen molar-refractivity contribution in [2.24, 2.45) is 5.41 Å². The fraction of sp³-hybridized carbons (Fsp3) is 0.522. The highest BCUT2D eigenvalue weighted by atomic mass is 19.4. The average molecular weight is 512 g/mol. The number of aromatic nitrogens is 3. The molecule has 0 saturated carbocycles. The summed E-state index contributed by atoms with van der Waals surface area (Å²) in [5.41, 5.74) is -2.64. The summed E-state index contributed by atoms with van der Waals surface area (Å²) in [5, 5.41) is 35.9. The first-order valence-electron chi connectivity index (χ1n) is 11.3. The molecule has 3 rings (SSSR count). The Labute approximate surface area is 204 Å². The number of amides is 1. The van der Waals surface area contributed by atoms with Crippen molar-refractivity contribution in [3.8, 4) is 11.3 Å². The molecule has 0 bridgehead atoms. The minimum absolute atomic E-state index is 0.0180. The van der Waals surface area contributed by atoms with E-state index in [4.69, 9.17) is 5.11 Å². The molecule has 36 heavy (non-hydrogen) atoms. The largest absolute Gasteiger partial charge is 0.481 e. The van der Waals surface area contributed by atoms with Crippen molar-refractivity contribution in [3.05, 3.63) is 35.5 Å². The summed E-state index contributed by atoms with van der Waals surface area (Å²) in [4.78, 5) is 37.0. The molecule has 13 heteroatoms. The zero-order valence-electron chi connectivity index (χ0n) is 19.7. The molecule has 1 aromatic carbocycles. The number of carboxylic acids is 2. The number of aliphatic carboxylic acids is 2. The van der Waals surface area contributed by atoms with E-state index in [2.05, 4.69) is 10.3 Å². The van der Waals surface area contributed by atoms with Crippen molar-refractivity contribution < 1.29 is 42.9 Å². The van der Waals surface area contributed by atoms with Gasteiger partial charge in [-0.25, -0.2) is 4.68 Å². The van der Waals surface area contributed by atoms with Crippen LogP contribution in [0.3, 0.4) is 0 Å². The lowest BCUT2D eigenvalue weighted by atomic mass is 9.83. The smallest absolute Gasteiger partial charge is 0.416 e. The van der Waals surface area contributed by atoms with Gasteiger partial charge in [0, 0.05) is 30.1 Å². The van der Waals surface area contributed by atoms with Crippen LogP contribution in [0.1, 0.15) is 55.5 Å². The zero-order valence-corrected chi connectivity index (χ0v) is 19.7. The highest BCUT2D eigenvalue weighted by Gasteiger charge is 2.45. The SMILES string of the molecule is CC(C)(C(=O)O)C1CCCN1C(=O)c1cc(-c2cn(CC(O)CCC(=O)O)nn2)cc(C(F)(F)F)c1. The standard InChI is InChI=1S/C23H27F3N4O6/c1-22(2,21(35)36)18-4-3-7-30(18)20(34)14-8-13(9-15(10-14)23(24,25)26)17-12-29(28-27-17)11-16(31)5-6-19(32)33/h8-10,12,16,18,31H,3-7,11H2,1-2H3,(H,32,33)(H,35,36). The maximum Gasteiger partial charge on any atom is 0.416 e. The van der Waals surface area contributed by atoms with Gasteiger partial charge >= 0.3 is 18.1 Å². The predicted molar refractivity (Wildman–Crippen MR) is 119 cm³/mol. The van der Waals surface area contributed by atoms with Gasteiger partial charge in [0.05, 0.1) is 29.8 Å². The number of hydrogen-bond donors (Lipinski definition) is 3. The van der Waals surface area contributed by atoms with Crippen molar-refractivity contribution in [2.75, 3.05) is 6.54 Å². The van der Waals surface area contributed by atoms with Gasteiger partial charge in [-0.3, -0.25) is 14.4 Å². The number of alkyl halides is 3. The molecule has 1 aromatic heterocycles. The van der Waals surface area contributed by atoms with E-state index in [1.807, 2.05) is 0 Å². The van der Waals surface area contributed by atoms with Crippen LogP contribution in [-0.4, -0.2) is 71.7 Å². The summed E-state index contributed by atoms with van der Waals surface area (Å²) in [6.07, 6.45) is -3.90. The highest BCUT2D eigenvalue weighted by molar-refractivity contribution is 5.96. The zero-order chi connectivity index (χ0) is 26.8. The Morgan fingerprint density at radius 2 is 1.86 bits per heavy atom. The predicted octanol–water partition coefficient (Wildman–Crippen LogP) is 2.91. The fourth-order valence-electron chi connectivity index (χ4n) is 4.25. The van der Waals surface area contributed by atoms with E-state index in [1.54, 1.807) is 0 Å². The molecule has 1 aliphatic rings. The number of aliphatic hydroxyl groups is 1. The lowest BCUT2D eigenvalue weighted by molar-refractivity contribution is -0.149. The molecule has 0 radical (unpaired) electrons. The molecular weight excluding hydrogens is 485 g/mol. The number of aliphatic hydroxyl groups excluding tert-OH is 1. The van der Waals surface area contributed by atoms with Crippen molar-refractivity contribution in [2.45, 2.75) is 64.4 Å². The summed E-state index contributed by atoms with van der Waals surface area (Å²) in [5.74, 6) is -2.91. The van der Waals surface area contributed by atoms with Crippen molar-refractivity contribution in [1.29, 1.82) is 0 Å². The van der Waals surface area contributed by atoms with Gasteiger partial charge in [-0.1, -0.05) is 5.21 Å². The molecule has 2 heterocycles. The minimum atomic E-state index is -4.77. The third kappa shape index (κ3) is 6.01. The van der Waals surface area contributed by atoms with Crippen molar-refractivity contribution in [1.82, 2.24) is 19.9 Å². The number of likely N-dealkylation sites (tertiary alicyclic amines) is 1. The Bertz CT molecular complexity index is 1150. The lowest BCUT2D eigenvalue weighted by Crippen LogP contribution is -2.48. The fourth-order valence-corrected chi connectivity index (χ4v) is 4.25. The van der Waals surface area contributed by atoms with E-state index >= 15 is 0 Å². The second-order valence-corrected chi connectivity index (χ2v) is 9.39. The van der Waals surface area contributed by atoms with Crippen LogP contribution in [0.25, 0.3) is 11.3 Å². The third-order valence-electron chi connectivity index (χ3n) is 6.33. The van der Waals surface area contributed by atoms with E-state index in [9.17, 15) is 37.8 Å². The van der Waals surface area contributed by atoms with Crippen LogP contribution >= 0.6 is 0 Å². The maximum absolute atomic E-state index is 13.7. The first-order valence-corrected chi connectivity index (χ1v) is 11.3. The Morgan fingerprint density at radius 1 is 1.17 bits per heavy atom. The summed E-state index contributed by atoms with van der Waals surface area (Å²) >= 11 is 0. The number of carbonyl (C=O) groups excluding carboxylic acids is 1. The van der Waals surface area contributed by atoms with Crippen molar-refractivity contribution in [3.63, 3.8) is 0 Å². The third-order valence-corrected chi connectivity index (χ3v) is 6.33.